The molecule has 0 saturated carbocycles. The van der Waals surface area contributed by atoms with Crippen LogP contribution in [-0.2, 0) is 20.9 Å². The molecule has 0 fully saturated rings. The number of ether oxygens (including phenoxy) is 2. The highest BCUT2D eigenvalue weighted by Gasteiger charge is 2.04. The van der Waals surface area contributed by atoms with Gasteiger partial charge in [-0.2, -0.15) is 0 Å². The molecular weight excluding hydrogens is 350 g/mol. The molecule has 0 aliphatic heterocycles. The molecule has 0 radical (unpaired) electrons. The van der Waals surface area contributed by atoms with Gasteiger partial charge in [0.25, 0.3) is 0 Å². The van der Waals surface area contributed by atoms with Gasteiger partial charge in [-0.1, -0.05) is 38.3 Å². The predicted molar refractivity (Wildman–Crippen MR) is 104 cm³/mol. The highest BCUT2D eigenvalue weighted by Crippen LogP contribution is 2.13. The number of hydrogen-bond donors (Lipinski definition) is 3. The first-order chi connectivity index (χ1) is 13.0. The van der Waals surface area contributed by atoms with E-state index < -0.39 is 11.9 Å². The molecule has 1 aromatic rings. The molecule has 0 unspecified atom stereocenters. The van der Waals surface area contributed by atoms with Crippen LogP contribution in [-0.4, -0.2) is 48.5 Å². The molecule has 1 aromatic carbocycles. The van der Waals surface area contributed by atoms with Crippen molar-refractivity contribution in [2.45, 2.75) is 52.5 Å². The Bertz CT molecular complexity index is 492. The van der Waals surface area contributed by atoms with Crippen molar-refractivity contribution in [2.24, 2.45) is 0 Å². The smallest absolute Gasteiger partial charge is 0.414 e. The molecular formula is C20H33NO6. The molecule has 0 aliphatic carbocycles. The van der Waals surface area contributed by atoms with E-state index in [0.717, 1.165) is 51.5 Å². The van der Waals surface area contributed by atoms with Gasteiger partial charge in [-0.05, 0) is 44.0 Å². The van der Waals surface area contributed by atoms with Crippen LogP contribution < -0.4 is 10.1 Å². The van der Waals surface area contributed by atoms with Gasteiger partial charge in [-0.15, -0.1) is 0 Å². The molecule has 0 atom stereocenters. The molecule has 3 N–H and O–H groups in total. The van der Waals surface area contributed by atoms with E-state index in [9.17, 15) is 0 Å². The Morgan fingerprint density at radius 2 is 1.59 bits per heavy atom. The molecule has 0 amide bonds. The second kappa shape index (κ2) is 17.3. The average Bonchev–Trinajstić information content (AvgIpc) is 2.66. The first-order valence-electron chi connectivity index (χ1n) is 9.47. The fraction of sp³-hybridized carbons (Fsp3) is 0.600. The first kappa shape index (κ1) is 24.9. The Kier molecular flexibility index (Phi) is 15.9. The number of rotatable bonds is 13. The van der Waals surface area contributed by atoms with Crippen molar-refractivity contribution in [1.82, 2.24) is 5.32 Å². The number of aliphatic carboxylic acids is 2. The molecule has 1 rings (SSSR count). The van der Waals surface area contributed by atoms with Crippen molar-refractivity contribution in [2.75, 3.05) is 26.4 Å². The summed E-state index contributed by atoms with van der Waals surface area (Å²) in [7, 11) is 0. The van der Waals surface area contributed by atoms with Gasteiger partial charge < -0.3 is 25.0 Å². The second-order valence-electron chi connectivity index (χ2n) is 5.89. The van der Waals surface area contributed by atoms with Crippen molar-refractivity contribution in [3.05, 3.63) is 29.8 Å². The van der Waals surface area contributed by atoms with Gasteiger partial charge in [0.1, 0.15) is 5.75 Å². The zero-order chi connectivity index (χ0) is 20.3. The zero-order valence-corrected chi connectivity index (χ0v) is 16.4. The number of carboxylic acids is 2. The molecule has 7 nitrogen and oxygen atoms in total. The third kappa shape index (κ3) is 15.8. The summed E-state index contributed by atoms with van der Waals surface area (Å²) in [5, 5.41) is 18.2. The molecule has 0 heterocycles. The summed E-state index contributed by atoms with van der Waals surface area (Å²) in [6, 6.07) is 8.40. The minimum atomic E-state index is -1.82. The maximum atomic E-state index is 9.10. The van der Waals surface area contributed by atoms with E-state index in [-0.39, 0.29) is 0 Å². The van der Waals surface area contributed by atoms with Crippen molar-refractivity contribution < 1.29 is 29.3 Å². The van der Waals surface area contributed by atoms with Crippen molar-refractivity contribution >= 4 is 11.9 Å². The number of benzene rings is 1. The maximum Gasteiger partial charge on any atom is 0.414 e. The van der Waals surface area contributed by atoms with Crippen LogP contribution >= 0.6 is 0 Å². The van der Waals surface area contributed by atoms with Gasteiger partial charge in [-0.3, -0.25) is 0 Å². The quantitative estimate of drug-likeness (QED) is 0.354. The van der Waals surface area contributed by atoms with Gasteiger partial charge in [0.05, 0.1) is 6.61 Å². The SMILES string of the molecule is CCCCCCOc1ccc(CNCCCOCC)cc1.O=C(O)C(=O)O. The summed E-state index contributed by atoms with van der Waals surface area (Å²) < 4.78 is 11.0. The first-order valence-corrected chi connectivity index (χ1v) is 9.47. The second-order valence-corrected chi connectivity index (χ2v) is 5.89. The van der Waals surface area contributed by atoms with Gasteiger partial charge in [-0.25, -0.2) is 9.59 Å². The molecule has 0 aromatic heterocycles. The van der Waals surface area contributed by atoms with Gasteiger partial charge in [0.15, 0.2) is 0 Å². The topological polar surface area (TPSA) is 105 Å². The maximum absolute atomic E-state index is 9.10. The lowest BCUT2D eigenvalue weighted by Crippen LogP contribution is -2.16. The zero-order valence-electron chi connectivity index (χ0n) is 16.4. The van der Waals surface area contributed by atoms with E-state index in [1.54, 1.807) is 0 Å². The lowest BCUT2D eigenvalue weighted by molar-refractivity contribution is -0.159. The summed E-state index contributed by atoms with van der Waals surface area (Å²) in [6.07, 6.45) is 6.05. The van der Waals surface area contributed by atoms with E-state index in [4.69, 9.17) is 29.3 Å². The number of carboxylic acid groups (broad SMARTS) is 2. The Hall–Kier alpha value is -2.12. The minimum absolute atomic E-state index is 0.805. The molecule has 0 saturated heterocycles. The van der Waals surface area contributed by atoms with Crippen LogP contribution in [0.5, 0.6) is 5.75 Å². The van der Waals surface area contributed by atoms with Crippen LogP contribution in [0, 0.1) is 0 Å². The molecule has 7 heteroatoms. The summed E-state index contributed by atoms with van der Waals surface area (Å²) in [4.78, 5) is 18.2. The third-order valence-corrected chi connectivity index (χ3v) is 3.55. The summed E-state index contributed by atoms with van der Waals surface area (Å²) in [5.41, 5.74) is 1.30. The van der Waals surface area contributed by atoms with Crippen LogP contribution in [0.25, 0.3) is 0 Å². The standard InChI is InChI=1S/C18H31NO2.C2H2O4/c1-3-5-6-7-15-21-18-11-9-17(10-12-18)16-19-13-8-14-20-4-2;3-1(4)2(5)6/h9-12,19H,3-8,13-16H2,1-2H3;(H,3,4)(H,5,6). The van der Waals surface area contributed by atoms with E-state index in [0.29, 0.717) is 0 Å². The fourth-order valence-corrected chi connectivity index (χ4v) is 2.10. The lowest BCUT2D eigenvalue weighted by Gasteiger charge is -2.08. The Morgan fingerprint density at radius 1 is 0.926 bits per heavy atom. The van der Waals surface area contributed by atoms with E-state index in [1.165, 1.54) is 24.8 Å². The van der Waals surface area contributed by atoms with E-state index >= 15 is 0 Å². The lowest BCUT2D eigenvalue weighted by atomic mass is 10.2. The number of carbonyl (C=O) groups is 2. The molecule has 154 valence electrons. The van der Waals surface area contributed by atoms with E-state index in [1.807, 2.05) is 6.92 Å². The number of hydrogen-bond acceptors (Lipinski definition) is 5. The van der Waals surface area contributed by atoms with Crippen molar-refractivity contribution in [3.63, 3.8) is 0 Å². The summed E-state index contributed by atoms with van der Waals surface area (Å²) in [5.74, 6) is -2.67. The molecule has 0 spiro atoms. The van der Waals surface area contributed by atoms with Gasteiger partial charge in [0.2, 0.25) is 0 Å². The van der Waals surface area contributed by atoms with Crippen LogP contribution in [0.3, 0.4) is 0 Å². The van der Waals surface area contributed by atoms with Crippen LogP contribution in [0.15, 0.2) is 24.3 Å². The van der Waals surface area contributed by atoms with Gasteiger partial charge >= 0.3 is 11.9 Å². The van der Waals surface area contributed by atoms with Crippen LogP contribution in [0.2, 0.25) is 0 Å². The highest BCUT2D eigenvalue weighted by atomic mass is 16.5. The number of unbranched alkanes of at least 4 members (excludes halogenated alkanes) is 3. The average molecular weight is 383 g/mol. The largest absolute Gasteiger partial charge is 0.494 e. The van der Waals surface area contributed by atoms with Crippen molar-refractivity contribution in [1.29, 1.82) is 0 Å². The molecule has 27 heavy (non-hydrogen) atoms. The third-order valence-electron chi connectivity index (χ3n) is 3.55. The van der Waals surface area contributed by atoms with E-state index in [2.05, 4.69) is 36.5 Å². The Labute approximate surface area is 161 Å². The van der Waals surface area contributed by atoms with Crippen LogP contribution in [0.1, 0.15) is 51.5 Å². The minimum Gasteiger partial charge on any atom is -0.494 e. The van der Waals surface area contributed by atoms with Crippen LogP contribution in [0.4, 0.5) is 0 Å². The Balaban J connectivity index is 0.000000972. The Morgan fingerprint density at radius 3 is 2.15 bits per heavy atom. The monoisotopic (exact) mass is 383 g/mol. The molecule has 0 bridgehead atoms. The van der Waals surface area contributed by atoms with Gasteiger partial charge in [0, 0.05) is 19.8 Å². The predicted octanol–water partition coefficient (Wildman–Crippen LogP) is 3.32. The van der Waals surface area contributed by atoms with Crippen molar-refractivity contribution in [3.8, 4) is 5.75 Å². The normalized spacial score (nSPS) is 10.0. The fourth-order valence-electron chi connectivity index (χ4n) is 2.10. The summed E-state index contributed by atoms with van der Waals surface area (Å²) >= 11 is 0. The number of nitrogens with one attached hydrogen (secondary N) is 1. The molecule has 0 aliphatic rings. The highest BCUT2D eigenvalue weighted by molar-refractivity contribution is 6.27. The summed E-state index contributed by atoms with van der Waals surface area (Å²) in [6.45, 7) is 8.63.